The second-order valence-corrected chi connectivity index (χ2v) is 10.2. The van der Waals surface area contributed by atoms with Crippen LogP contribution >= 0.6 is 11.6 Å². The van der Waals surface area contributed by atoms with Crippen molar-refractivity contribution in [1.82, 2.24) is 5.32 Å². The number of nitrogens with one attached hydrogen (secondary N) is 2. The monoisotopic (exact) mass is 470 g/mol. The maximum absolute atomic E-state index is 13.0. The van der Waals surface area contributed by atoms with Crippen molar-refractivity contribution in [2.75, 3.05) is 4.72 Å². The number of carbonyl (C=O) groups is 1. The van der Waals surface area contributed by atoms with E-state index >= 15 is 0 Å². The van der Waals surface area contributed by atoms with Crippen LogP contribution < -0.4 is 10.0 Å². The first-order valence-electron chi connectivity index (χ1n) is 10.3. The normalized spacial score (nSPS) is 12.3. The van der Waals surface area contributed by atoms with Gasteiger partial charge in [-0.05, 0) is 87.2 Å². The fourth-order valence-corrected chi connectivity index (χ4v) is 4.75. The van der Waals surface area contributed by atoms with Crippen molar-refractivity contribution in [1.29, 1.82) is 0 Å². The van der Waals surface area contributed by atoms with Crippen molar-refractivity contribution >= 4 is 33.2 Å². The average molecular weight is 471 g/mol. The van der Waals surface area contributed by atoms with E-state index in [9.17, 15) is 13.2 Å². The van der Waals surface area contributed by atoms with Gasteiger partial charge in [0, 0.05) is 5.69 Å². The summed E-state index contributed by atoms with van der Waals surface area (Å²) in [6, 6.07) is 14.9. The van der Waals surface area contributed by atoms with Crippen molar-refractivity contribution < 1.29 is 13.2 Å². The van der Waals surface area contributed by atoms with Crippen molar-refractivity contribution in [2.24, 2.45) is 0 Å². The van der Waals surface area contributed by atoms with Gasteiger partial charge in [0.1, 0.15) is 0 Å². The molecule has 1 unspecified atom stereocenters. The lowest BCUT2D eigenvalue weighted by atomic mass is 9.96. The highest BCUT2D eigenvalue weighted by Gasteiger charge is 2.19. The molecule has 0 aromatic heterocycles. The van der Waals surface area contributed by atoms with E-state index in [1.165, 1.54) is 35.9 Å². The zero-order valence-corrected chi connectivity index (χ0v) is 20.4. The zero-order valence-electron chi connectivity index (χ0n) is 18.8. The van der Waals surface area contributed by atoms with E-state index in [4.69, 9.17) is 11.6 Å². The van der Waals surface area contributed by atoms with Crippen molar-refractivity contribution in [2.45, 2.75) is 45.6 Å². The Kier molecular flexibility index (Phi) is 6.96. The summed E-state index contributed by atoms with van der Waals surface area (Å²) in [6.45, 7) is 9.89. The van der Waals surface area contributed by atoms with Gasteiger partial charge in [0.15, 0.2) is 0 Å². The summed E-state index contributed by atoms with van der Waals surface area (Å²) in [7, 11) is -3.79. The van der Waals surface area contributed by atoms with Gasteiger partial charge in [-0.3, -0.25) is 9.52 Å². The molecule has 1 atom stereocenters. The molecule has 0 fully saturated rings. The number of hydrogen-bond acceptors (Lipinski definition) is 3. The molecule has 0 heterocycles. The Labute approximate surface area is 194 Å². The van der Waals surface area contributed by atoms with Gasteiger partial charge in [-0.25, -0.2) is 8.42 Å². The van der Waals surface area contributed by atoms with Gasteiger partial charge < -0.3 is 5.32 Å². The quantitative estimate of drug-likeness (QED) is 0.473. The number of anilines is 1. The van der Waals surface area contributed by atoms with E-state index in [1.54, 1.807) is 12.1 Å². The largest absolute Gasteiger partial charge is 0.345 e. The van der Waals surface area contributed by atoms with Crippen LogP contribution in [0.3, 0.4) is 0 Å². The fraction of sp³-hybridized carbons (Fsp3) is 0.240. The third kappa shape index (κ3) is 5.31. The number of rotatable bonds is 6. The number of aryl methyl sites for hydroxylation is 4. The predicted molar refractivity (Wildman–Crippen MR) is 130 cm³/mol. The molecule has 168 valence electrons. The summed E-state index contributed by atoms with van der Waals surface area (Å²) >= 11 is 6.27. The minimum Gasteiger partial charge on any atom is -0.345 e. The average Bonchev–Trinajstić information content (AvgIpc) is 2.72. The number of sulfonamides is 1. The third-order valence-electron chi connectivity index (χ3n) is 5.49. The number of amides is 1. The Bertz CT molecular complexity index is 1270. The SMILES string of the molecule is Cc1ccc(S(=O)(=O)Nc2ccc(Cl)c(C(=O)NC(C)c3cc(C)c(C)cc3C)c2)cc1. The molecule has 3 rings (SSSR count). The van der Waals surface area contributed by atoms with Crippen LogP contribution in [0.4, 0.5) is 5.69 Å². The maximum atomic E-state index is 13.0. The molecule has 3 aromatic rings. The first-order chi connectivity index (χ1) is 15.0. The predicted octanol–water partition coefficient (Wildman–Crippen LogP) is 5.87. The molecule has 0 bridgehead atoms. The molecule has 3 aromatic carbocycles. The highest BCUT2D eigenvalue weighted by molar-refractivity contribution is 7.92. The molecule has 0 spiro atoms. The number of benzene rings is 3. The number of hydrogen-bond donors (Lipinski definition) is 2. The summed E-state index contributed by atoms with van der Waals surface area (Å²) in [5.41, 5.74) is 5.88. The Hall–Kier alpha value is -2.83. The van der Waals surface area contributed by atoms with E-state index < -0.39 is 10.0 Å². The summed E-state index contributed by atoms with van der Waals surface area (Å²) in [6.07, 6.45) is 0. The van der Waals surface area contributed by atoms with Gasteiger partial charge in [-0.2, -0.15) is 0 Å². The van der Waals surface area contributed by atoms with Gasteiger partial charge >= 0.3 is 0 Å². The van der Waals surface area contributed by atoms with Crippen molar-refractivity contribution in [3.63, 3.8) is 0 Å². The molecule has 0 saturated carbocycles. The van der Waals surface area contributed by atoms with Crippen molar-refractivity contribution in [3.8, 4) is 0 Å². The van der Waals surface area contributed by atoms with Crippen LogP contribution in [0.15, 0.2) is 59.5 Å². The van der Waals surface area contributed by atoms with E-state index in [0.29, 0.717) is 0 Å². The van der Waals surface area contributed by atoms with Crippen LogP contribution in [-0.4, -0.2) is 14.3 Å². The van der Waals surface area contributed by atoms with E-state index in [2.05, 4.69) is 29.1 Å². The van der Waals surface area contributed by atoms with Crippen LogP contribution in [-0.2, 0) is 10.0 Å². The molecule has 7 heteroatoms. The second kappa shape index (κ2) is 9.35. The molecular weight excluding hydrogens is 444 g/mol. The zero-order chi connectivity index (χ0) is 23.6. The number of halogens is 1. The molecular formula is C25H27ClN2O3S. The molecule has 0 aliphatic heterocycles. The molecule has 0 saturated heterocycles. The van der Waals surface area contributed by atoms with Crippen molar-refractivity contribution in [3.05, 3.63) is 93.0 Å². The van der Waals surface area contributed by atoms with Gasteiger partial charge in [-0.15, -0.1) is 0 Å². The Balaban J connectivity index is 1.83. The molecule has 0 aliphatic rings. The second-order valence-electron chi connectivity index (χ2n) is 8.10. The number of carbonyl (C=O) groups excluding carboxylic acids is 1. The van der Waals surface area contributed by atoms with Crippen LogP contribution in [0.5, 0.6) is 0 Å². The molecule has 2 N–H and O–H groups in total. The molecule has 32 heavy (non-hydrogen) atoms. The third-order valence-corrected chi connectivity index (χ3v) is 7.22. The maximum Gasteiger partial charge on any atom is 0.261 e. The Morgan fingerprint density at radius 2 is 1.50 bits per heavy atom. The summed E-state index contributed by atoms with van der Waals surface area (Å²) < 4.78 is 27.9. The van der Waals surface area contributed by atoms with Gasteiger partial charge in [-0.1, -0.05) is 41.4 Å². The minimum atomic E-state index is -3.79. The van der Waals surface area contributed by atoms with E-state index in [1.807, 2.05) is 27.7 Å². The minimum absolute atomic E-state index is 0.142. The highest BCUT2D eigenvalue weighted by atomic mass is 35.5. The van der Waals surface area contributed by atoms with E-state index in [0.717, 1.165) is 22.3 Å². The molecule has 0 aliphatic carbocycles. The first kappa shape index (κ1) is 23.8. The molecule has 0 radical (unpaired) electrons. The summed E-state index contributed by atoms with van der Waals surface area (Å²) in [4.78, 5) is 13.1. The lowest BCUT2D eigenvalue weighted by molar-refractivity contribution is 0.0940. The van der Waals surface area contributed by atoms with Crippen LogP contribution in [0.25, 0.3) is 0 Å². The Morgan fingerprint density at radius 1 is 0.875 bits per heavy atom. The van der Waals surface area contributed by atoms with Gasteiger partial charge in [0.25, 0.3) is 15.9 Å². The first-order valence-corrected chi connectivity index (χ1v) is 12.1. The smallest absolute Gasteiger partial charge is 0.261 e. The lowest BCUT2D eigenvalue weighted by Crippen LogP contribution is -2.27. The highest BCUT2D eigenvalue weighted by Crippen LogP contribution is 2.26. The van der Waals surface area contributed by atoms with E-state index in [-0.39, 0.29) is 33.1 Å². The van der Waals surface area contributed by atoms with Crippen LogP contribution in [0, 0.1) is 27.7 Å². The summed E-state index contributed by atoms with van der Waals surface area (Å²) in [5.74, 6) is -0.378. The van der Waals surface area contributed by atoms with Crippen LogP contribution in [0.2, 0.25) is 5.02 Å². The lowest BCUT2D eigenvalue weighted by Gasteiger charge is -2.19. The topological polar surface area (TPSA) is 75.3 Å². The Morgan fingerprint density at radius 3 is 2.16 bits per heavy atom. The van der Waals surface area contributed by atoms with Gasteiger partial charge in [0.05, 0.1) is 21.5 Å². The van der Waals surface area contributed by atoms with Crippen LogP contribution in [0.1, 0.15) is 51.1 Å². The molecule has 5 nitrogen and oxygen atoms in total. The molecule has 1 amide bonds. The van der Waals surface area contributed by atoms with Gasteiger partial charge in [0.2, 0.25) is 0 Å². The standard InChI is InChI=1S/C25H27ClN2O3S/c1-15-6-9-21(10-7-15)32(30,31)28-20-8-11-24(26)23(14-20)25(29)27-19(5)22-13-17(3)16(2)12-18(22)4/h6-14,19,28H,1-5H3,(H,27,29). The fourth-order valence-electron chi connectivity index (χ4n) is 3.50. The summed E-state index contributed by atoms with van der Waals surface area (Å²) in [5, 5.41) is 3.21.